The van der Waals surface area contributed by atoms with Crippen molar-refractivity contribution in [2.24, 2.45) is 5.92 Å². The molecule has 0 saturated heterocycles. The van der Waals surface area contributed by atoms with Crippen molar-refractivity contribution >= 4 is 28.7 Å². The predicted octanol–water partition coefficient (Wildman–Crippen LogP) is 5.74. The lowest BCUT2D eigenvalue weighted by atomic mass is 9.84. The summed E-state index contributed by atoms with van der Waals surface area (Å²) in [5.41, 5.74) is 2.37. The normalized spacial score (nSPS) is 16.6. The topological polar surface area (TPSA) is 102 Å². The number of hydrogen-bond acceptors (Lipinski definition) is 8. The van der Waals surface area contributed by atoms with Gasteiger partial charge in [0.1, 0.15) is 17.2 Å². The summed E-state index contributed by atoms with van der Waals surface area (Å²) < 4.78 is 30.0. The van der Waals surface area contributed by atoms with Crippen LogP contribution in [0.4, 0.5) is 0 Å². The van der Waals surface area contributed by atoms with Crippen LogP contribution >= 0.6 is 0 Å². The minimum absolute atomic E-state index is 0.0751. The maximum atomic E-state index is 14.1. The first-order valence-corrected chi connectivity index (χ1v) is 14.0. The summed E-state index contributed by atoms with van der Waals surface area (Å²) in [7, 11) is 4.64. The van der Waals surface area contributed by atoms with Crippen molar-refractivity contribution in [3.05, 3.63) is 93.0 Å². The number of ketones is 1. The number of pyridine rings is 1. The SMILES string of the molecule is COc1ccc2c(c1)cc([C@H]1CC(=O)Oc3ccc4c(c31)O/C(=C\c1cccc(OC)c1OC)C4=O)c(=O)n2CC(C)C. The Morgan fingerprint density at radius 1 is 0.953 bits per heavy atom. The van der Waals surface area contributed by atoms with Gasteiger partial charge in [-0.2, -0.15) is 0 Å². The molecule has 1 atom stereocenters. The minimum atomic E-state index is -0.703. The van der Waals surface area contributed by atoms with Gasteiger partial charge in [-0.15, -0.1) is 0 Å². The van der Waals surface area contributed by atoms with E-state index in [1.54, 1.807) is 54.2 Å². The fourth-order valence-corrected chi connectivity index (χ4v) is 5.85. The van der Waals surface area contributed by atoms with Crippen LogP contribution in [0, 0.1) is 5.92 Å². The fourth-order valence-electron chi connectivity index (χ4n) is 5.85. The summed E-state index contributed by atoms with van der Waals surface area (Å²) in [5.74, 6) is 0.894. The van der Waals surface area contributed by atoms with Crippen LogP contribution in [0.25, 0.3) is 17.0 Å². The van der Waals surface area contributed by atoms with Crippen LogP contribution in [0.2, 0.25) is 0 Å². The van der Waals surface area contributed by atoms with Gasteiger partial charge in [-0.3, -0.25) is 14.4 Å². The molecule has 9 heteroatoms. The van der Waals surface area contributed by atoms with Gasteiger partial charge in [0, 0.05) is 34.5 Å². The zero-order valence-corrected chi connectivity index (χ0v) is 24.6. The lowest BCUT2D eigenvalue weighted by Crippen LogP contribution is -2.31. The van der Waals surface area contributed by atoms with E-state index in [9.17, 15) is 14.4 Å². The van der Waals surface area contributed by atoms with Crippen LogP contribution in [0.3, 0.4) is 0 Å². The summed E-state index contributed by atoms with van der Waals surface area (Å²) in [5, 5.41) is 0.797. The first-order chi connectivity index (χ1) is 20.7. The van der Waals surface area contributed by atoms with Gasteiger partial charge < -0.3 is 28.3 Å². The molecule has 3 heterocycles. The third kappa shape index (κ3) is 4.80. The summed E-state index contributed by atoms with van der Waals surface area (Å²) in [6, 6.07) is 15.9. The van der Waals surface area contributed by atoms with E-state index in [-0.39, 0.29) is 40.9 Å². The fraction of sp³-hybridized carbons (Fsp3) is 0.265. The number of aromatic nitrogens is 1. The Hall–Kier alpha value is -5.05. The summed E-state index contributed by atoms with van der Waals surface area (Å²) in [6.45, 7) is 4.56. The Balaban J connectivity index is 1.53. The number of carbonyl (C=O) groups is 2. The van der Waals surface area contributed by atoms with E-state index in [4.69, 9.17) is 23.7 Å². The lowest BCUT2D eigenvalue weighted by molar-refractivity contribution is -0.135. The molecule has 0 bridgehead atoms. The first-order valence-electron chi connectivity index (χ1n) is 14.0. The maximum absolute atomic E-state index is 14.1. The summed E-state index contributed by atoms with van der Waals surface area (Å²) >= 11 is 0. The highest BCUT2D eigenvalue weighted by Gasteiger charge is 2.40. The van der Waals surface area contributed by atoms with E-state index >= 15 is 0 Å². The van der Waals surface area contributed by atoms with E-state index in [0.717, 1.165) is 10.9 Å². The van der Waals surface area contributed by atoms with Crippen molar-refractivity contribution in [2.75, 3.05) is 21.3 Å². The molecule has 0 N–H and O–H groups in total. The number of hydrogen-bond donors (Lipinski definition) is 0. The van der Waals surface area contributed by atoms with Crippen LogP contribution in [-0.4, -0.2) is 37.6 Å². The monoisotopic (exact) mass is 581 g/mol. The number of esters is 1. The zero-order chi connectivity index (χ0) is 30.4. The molecule has 3 aromatic carbocycles. The van der Waals surface area contributed by atoms with Gasteiger partial charge in [0.25, 0.3) is 5.56 Å². The highest BCUT2D eigenvalue weighted by atomic mass is 16.5. The van der Waals surface area contributed by atoms with Crippen molar-refractivity contribution in [3.8, 4) is 28.7 Å². The Bertz CT molecular complexity index is 1880. The highest BCUT2D eigenvalue weighted by molar-refractivity contribution is 6.15. The largest absolute Gasteiger partial charge is 0.497 e. The second-order valence-electron chi connectivity index (χ2n) is 10.9. The van der Waals surface area contributed by atoms with Gasteiger partial charge in [-0.05, 0) is 54.5 Å². The molecule has 6 rings (SSSR count). The molecule has 0 fully saturated rings. The summed E-state index contributed by atoms with van der Waals surface area (Å²) in [6.07, 6.45) is 1.51. The lowest BCUT2D eigenvalue weighted by Gasteiger charge is -2.27. The van der Waals surface area contributed by atoms with Crippen LogP contribution < -0.4 is 29.2 Å². The third-order valence-corrected chi connectivity index (χ3v) is 7.75. The Morgan fingerprint density at radius 2 is 1.77 bits per heavy atom. The predicted molar refractivity (Wildman–Crippen MR) is 161 cm³/mol. The second-order valence-corrected chi connectivity index (χ2v) is 10.9. The van der Waals surface area contributed by atoms with Crippen molar-refractivity contribution in [1.29, 1.82) is 0 Å². The Labute approximate surface area is 248 Å². The molecule has 1 aromatic heterocycles. The van der Waals surface area contributed by atoms with E-state index in [1.165, 1.54) is 14.2 Å². The molecule has 4 aromatic rings. The molecule has 0 aliphatic carbocycles. The number of Topliss-reactive ketones (excluding diaryl/α,β-unsaturated/α-hetero) is 1. The van der Waals surface area contributed by atoms with Crippen molar-refractivity contribution in [1.82, 2.24) is 4.57 Å². The maximum Gasteiger partial charge on any atom is 0.312 e. The van der Waals surface area contributed by atoms with Gasteiger partial charge in [0.2, 0.25) is 5.78 Å². The number of allylic oxidation sites excluding steroid dienone is 1. The average molecular weight is 582 g/mol. The van der Waals surface area contributed by atoms with Crippen LogP contribution in [0.1, 0.15) is 53.2 Å². The van der Waals surface area contributed by atoms with Crippen molar-refractivity contribution in [2.45, 2.75) is 32.7 Å². The molecule has 0 spiro atoms. The quantitative estimate of drug-likeness (QED) is 0.155. The molecule has 220 valence electrons. The molecule has 0 radical (unpaired) electrons. The molecule has 0 amide bonds. The van der Waals surface area contributed by atoms with Gasteiger partial charge in [-0.1, -0.05) is 26.0 Å². The third-order valence-electron chi connectivity index (χ3n) is 7.75. The van der Waals surface area contributed by atoms with Gasteiger partial charge >= 0.3 is 5.97 Å². The van der Waals surface area contributed by atoms with E-state index in [2.05, 4.69) is 0 Å². The van der Waals surface area contributed by atoms with Gasteiger partial charge in [0.05, 0.1) is 38.8 Å². The molecule has 2 aliphatic rings. The smallest absolute Gasteiger partial charge is 0.312 e. The number of carbonyl (C=O) groups excluding carboxylic acids is 2. The van der Waals surface area contributed by atoms with E-state index in [0.29, 0.717) is 46.0 Å². The van der Waals surface area contributed by atoms with Crippen molar-refractivity contribution in [3.63, 3.8) is 0 Å². The van der Waals surface area contributed by atoms with Gasteiger partial charge in [0.15, 0.2) is 17.3 Å². The highest BCUT2D eigenvalue weighted by Crippen LogP contribution is 2.49. The second kappa shape index (κ2) is 11.0. The number of methoxy groups -OCH3 is 3. The molecular formula is C34H31NO8. The standard InChI is InChI=1S/C34H31NO8/c1-18(2)17-35-25-11-9-21(39-3)13-20(25)14-24(34(35)38)23-16-29(36)42-26-12-10-22-31(37)28(43-33(22)30(23)26)15-19-7-6-8-27(40-4)32(19)41-5/h6-15,18,23H,16-17H2,1-5H3/b28-15-/t23-/m1/s1. The van der Waals surface area contributed by atoms with E-state index < -0.39 is 11.9 Å². The Morgan fingerprint density at radius 3 is 2.49 bits per heavy atom. The number of benzene rings is 3. The molecule has 43 heavy (non-hydrogen) atoms. The molecular weight excluding hydrogens is 550 g/mol. The average Bonchev–Trinajstić information content (AvgIpc) is 3.31. The number of nitrogens with zero attached hydrogens (tertiary/aromatic N) is 1. The summed E-state index contributed by atoms with van der Waals surface area (Å²) in [4.78, 5) is 40.6. The van der Waals surface area contributed by atoms with E-state index in [1.807, 2.05) is 32.0 Å². The molecule has 2 aliphatic heterocycles. The van der Waals surface area contributed by atoms with Crippen LogP contribution in [0.15, 0.2) is 65.2 Å². The van der Waals surface area contributed by atoms with Crippen LogP contribution in [-0.2, 0) is 11.3 Å². The number of para-hydroxylation sites is 1. The Kier molecular flexibility index (Phi) is 7.17. The zero-order valence-electron chi connectivity index (χ0n) is 24.6. The molecule has 0 saturated carbocycles. The molecule has 9 nitrogen and oxygen atoms in total. The van der Waals surface area contributed by atoms with Crippen LogP contribution in [0.5, 0.6) is 28.7 Å². The number of ether oxygens (including phenoxy) is 5. The minimum Gasteiger partial charge on any atom is -0.497 e. The molecule has 0 unspecified atom stereocenters. The number of rotatable bonds is 7. The first kappa shape index (κ1) is 28.1. The van der Waals surface area contributed by atoms with Gasteiger partial charge in [-0.25, -0.2) is 0 Å². The van der Waals surface area contributed by atoms with Crippen molar-refractivity contribution < 1.29 is 33.3 Å². The number of fused-ring (bicyclic) bond motifs is 4.